The minimum atomic E-state index is -5.00. The third-order valence-corrected chi connectivity index (χ3v) is 2.67. The lowest BCUT2D eigenvalue weighted by atomic mass is 10.3. The first-order valence-corrected chi connectivity index (χ1v) is 5.93. The van der Waals surface area contributed by atoms with Crippen LogP contribution in [0.15, 0.2) is 11.1 Å². The molecule has 0 saturated carbocycles. The van der Waals surface area contributed by atoms with Crippen molar-refractivity contribution in [2.24, 2.45) is 5.14 Å². The predicted molar refractivity (Wildman–Crippen MR) is 53.6 cm³/mol. The van der Waals surface area contributed by atoms with Crippen molar-refractivity contribution in [2.75, 3.05) is 7.11 Å². The number of methoxy groups -OCH3 is 1. The smallest absolute Gasteiger partial charge is 0.496 e. The maximum Gasteiger partial charge on any atom is 0.574 e. The molecule has 0 atom stereocenters. The standard InChI is InChI=1S/C8H9F3N2O4S/c1-4-5(16-2)3-6(18(12,14)15)13-7(4)17-8(9,10)11/h3H,1-2H3,(H2,12,14,15). The number of aromatic nitrogens is 1. The van der Waals surface area contributed by atoms with Gasteiger partial charge in [0.05, 0.1) is 12.7 Å². The average molecular weight is 286 g/mol. The van der Waals surface area contributed by atoms with E-state index >= 15 is 0 Å². The summed E-state index contributed by atoms with van der Waals surface area (Å²) in [6.45, 7) is 1.24. The molecule has 0 fully saturated rings. The minimum Gasteiger partial charge on any atom is -0.496 e. The molecule has 1 rings (SSSR count). The number of hydrogen-bond acceptors (Lipinski definition) is 5. The summed E-state index contributed by atoms with van der Waals surface area (Å²) in [5.74, 6) is -1.06. The van der Waals surface area contributed by atoms with Gasteiger partial charge in [0.15, 0.2) is 5.03 Å². The topological polar surface area (TPSA) is 91.5 Å². The molecule has 0 spiro atoms. The fraction of sp³-hybridized carbons (Fsp3) is 0.375. The third kappa shape index (κ3) is 3.47. The summed E-state index contributed by atoms with van der Waals surface area (Å²) in [6.07, 6.45) is -5.00. The molecule has 0 aliphatic heterocycles. The molecule has 0 radical (unpaired) electrons. The SMILES string of the molecule is COc1cc(S(N)(=O)=O)nc(OC(F)(F)F)c1C. The molecule has 0 aliphatic rings. The van der Waals surface area contributed by atoms with E-state index in [0.29, 0.717) is 0 Å². The van der Waals surface area contributed by atoms with Crippen molar-refractivity contribution in [3.8, 4) is 11.6 Å². The van der Waals surface area contributed by atoms with Crippen molar-refractivity contribution < 1.29 is 31.1 Å². The van der Waals surface area contributed by atoms with E-state index in [9.17, 15) is 21.6 Å². The molecule has 2 N–H and O–H groups in total. The summed E-state index contributed by atoms with van der Waals surface area (Å²) in [4.78, 5) is 3.20. The number of halogens is 3. The van der Waals surface area contributed by atoms with Gasteiger partial charge in [-0.1, -0.05) is 0 Å². The van der Waals surface area contributed by atoms with Crippen LogP contribution >= 0.6 is 0 Å². The van der Waals surface area contributed by atoms with Gasteiger partial charge < -0.3 is 9.47 Å². The van der Waals surface area contributed by atoms with Crippen LogP contribution in [-0.2, 0) is 10.0 Å². The van der Waals surface area contributed by atoms with Gasteiger partial charge in [-0.05, 0) is 6.92 Å². The molecule has 0 amide bonds. The van der Waals surface area contributed by atoms with Crippen LogP contribution < -0.4 is 14.6 Å². The Hall–Kier alpha value is -1.55. The van der Waals surface area contributed by atoms with E-state index in [2.05, 4.69) is 9.72 Å². The van der Waals surface area contributed by atoms with Crippen LogP contribution in [0.25, 0.3) is 0 Å². The van der Waals surface area contributed by atoms with E-state index < -0.39 is 27.3 Å². The molecule has 0 saturated heterocycles. The molecule has 1 aromatic rings. The van der Waals surface area contributed by atoms with Crippen LogP contribution in [0.4, 0.5) is 13.2 Å². The minimum absolute atomic E-state index is 0.0952. The lowest BCUT2D eigenvalue weighted by Crippen LogP contribution is -2.21. The first kappa shape index (κ1) is 14.5. The molecule has 1 heterocycles. The predicted octanol–water partition coefficient (Wildman–Crippen LogP) is 0.945. The number of primary sulfonamides is 1. The number of sulfonamides is 1. The molecular weight excluding hydrogens is 277 g/mol. The summed E-state index contributed by atoms with van der Waals surface area (Å²) >= 11 is 0. The summed E-state index contributed by atoms with van der Waals surface area (Å²) < 4.78 is 66.7. The number of ether oxygens (including phenoxy) is 2. The van der Waals surface area contributed by atoms with Gasteiger partial charge >= 0.3 is 6.36 Å². The van der Waals surface area contributed by atoms with Crippen molar-refractivity contribution in [1.29, 1.82) is 0 Å². The maximum atomic E-state index is 12.1. The molecule has 1 aromatic heterocycles. The van der Waals surface area contributed by atoms with E-state index in [1.165, 1.54) is 6.92 Å². The number of alkyl halides is 3. The van der Waals surface area contributed by atoms with Gasteiger partial charge in [-0.25, -0.2) is 13.6 Å². The molecule has 0 aliphatic carbocycles. The molecule has 102 valence electrons. The number of hydrogen-bond donors (Lipinski definition) is 1. The second-order valence-corrected chi connectivity index (χ2v) is 4.69. The summed E-state index contributed by atoms with van der Waals surface area (Å²) in [5.41, 5.74) is -0.0952. The zero-order valence-corrected chi connectivity index (χ0v) is 10.1. The monoisotopic (exact) mass is 286 g/mol. The second-order valence-electron chi connectivity index (χ2n) is 3.19. The Balaban J connectivity index is 3.42. The Morgan fingerprint density at radius 3 is 2.33 bits per heavy atom. The summed E-state index contributed by atoms with van der Waals surface area (Å²) in [7, 11) is -3.11. The van der Waals surface area contributed by atoms with E-state index in [-0.39, 0.29) is 11.3 Å². The van der Waals surface area contributed by atoms with Crippen molar-refractivity contribution in [1.82, 2.24) is 4.98 Å². The van der Waals surface area contributed by atoms with Gasteiger partial charge in [0, 0.05) is 6.07 Å². The summed E-state index contributed by atoms with van der Waals surface area (Å²) in [5, 5.41) is 4.01. The highest BCUT2D eigenvalue weighted by atomic mass is 32.2. The molecule has 18 heavy (non-hydrogen) atoms. The molecule has 0 unspecified atom stereocenters. The second kappa shape index (κ2) is 4.61. The summed E-state index contributed by atoms with van der Waals surface area (Å²) in [6, 6.07) is 0.911. The number of nitrogens with two attached hydrogens (primary N) is 1. The Kier molecular flexibility index (Phi) is 3.72. The normalized spacial score (nSPS) is 12.3. The van der Waals surface area contributed by atoms with Gasteiger partial charge in [0.2, 0.25) is 5.88 Å². The number of rotatable bonds is 3. The van der Waals surface area contributed by atoms with Gasteiger partial charge in [-0.2, -0.15) is 4.98 Å². The number of pyridine rings is 1. The quantitative estimate of drug-likeness (QED) is 0.893. The van der Waals surface area contributed by atoms with Gasteiger partial charge in [-0.3, -0.25) is 0 Å². The zero-order valence-electron chi connectivity index (χ0n) is 9.28. The first-order chi connectivity index (χ1) is 8.04. The lowest BCUT2D eigenvalue weighted by Gasteiger charge is -2.13. The van der Waals surface area contributed by atoms with Crippen molar-refractivity contribution in [3.05, 3.63) is 11.6 Å². The Labute approximate surface area is 101 Å². The zero-order chi connectivity index (χ0) is 14.1. The van der Waals surface area contributed by atoms with Crippen molar-refractivity contribution in [2.45, 2.75) is 18.3 Å². The molecule has 10 heteroatoms. The highest BCUT2D eigenvalue weighted by Gasteiger charge is 2.33. The fourth-order valence-electron chi connectivity index (χ4n) is 1.11. The van der Waals surface area contributed by atoms with Crippen molar-refractivity contribution in [3.63, 3.8) is 0 Å². The molecule has 0 aromatic carbocycles. The largest absolute Gasteiger partial charge is 0.574 e. The van der Waals surface area contributed by atoms with Gasteiger partial charge in [0.25, 0.3) is 10.0 Å². The van der Waals surface area contributed by atoms with E-state index in [4.69, 9.17) is 9.88 Å². The Morgan fingerprint density at radius 2 is 1.94 bits per heavy atom. The Bertz CT molecular complexity index is 556. The van der Waals surface area contributed by atoms with Crippen LogP contribution in [-0.4, -0.2) is 26.9 Å². The fourth-order valence-corrected chi connectivity index (χ4v) is 1.59. The van der Waals surface area contributed by atoms with E-state index in [1.54, 1.807) is 0 Å². The van der Waals surface area contributed by atoms with Crippen LogP contribution in [0.2, 0.25) is 0 Å². The third-order valence-electron chi connectivity index (χ3n) is 1.88. The van der Waals surface area contributed by atoms with E-state index in [1.807, 2.05) is 0 Å². The highest BCUT2D eigenvalue weighted by Crippen LogP contribution is 2.31. The maximum absolute atomic E-state index is 12.1. The van der Waals surface area contributed by atoms with Gasteiger partial charge in [0.1, 0.15) is 5.75 Å². The van der Waals surface area contributed by atoms with E-state index in [0.717, 1.165) is 13.2 Å². The highest BCUT2D eigenvalue weighted by molar-refractivity contribution is 7.89. The molecule has 0 bridgehead atoms. The average Bonchev–Trinajstić information content (AvgIpc) is 2.17. The Morgan fingerprint density at radius 1 is 1.39 bits per heavy atom. The van der Waals surface area contributed by atoms with Crippen LogP contribution in [0, 0.1) is 6.92 Å². The lowest BCUT2D eigenvalue weighted by molar-refractivity contribution is -0.276. The first-order valence-electron chi connectivity index (χ1n) is 4.39. The van der Waals surface area contributed by atoms with Crippen LogP contribution in [0.5, 0.6) is 11.6 Å². The van der Waals surface area contributed by atoms with Crippen LogP contribution in [0.3, 0.4) is 0 Å². The number of nitrogens with zero attached hydrogens (tertiary/aromatic N) is 1. The molecular formula is C8H9F3N2O4S. The van der Waals surface area contributed by atoms with Crippen molar-refractivity contribution >= 4 is 10.0 Å². The molecule has 6 nitrogen and oxygen atoms in total. The van der Waals surface area contributed by atoms with Crippen LogP contribution in [0.1, 0.15) is 5.56 Å². The van der Waals surface area contributed by atoms with Gasteiger partial charge in [-0.15, -0.1) is 13.2 Å².